The summed E-state index contributed by atoms with van der Waals surface area (Å²) in [7, 11) is 0. The van der Waals surface area contributed by atoms with E-state index in [1.165, 1.54) is 6.92 Å². The van der Waals surface area contributed by atoms with Crippen LogP contribution in [-0.4, -0.2) is 28.9 Å². The Balaban J connectivity index is 3.78. The lowest BCUT2D eigenvalue weighted by atomic mass is 10.2. The predicted molar refractivity (Wildman–Crippen MR) is 41.7 cm³/mol. The van der Waals surface area contributed by atoms with Crippen LogP contribution in [0.5, 0.6) is 0 Å². The fourth-order valence-electron chi connectivity index (χ4n) is 0.670. The van der Waals surface area contributed by atoms with Crippen LogP contribution in [0.15, 0.2) is 0 Å². The van der Waals surface area contributed by atoms with Crippen LogP contribution in [0.4, 0.5) is 0 Å². The minimum atomic E-state index is -1.58. The molecule has 0 rings (SSSR count). The Hall–Kier alpha value is -0.690. The fourth-order valence-corrected chi connectivity index (χ4v) is 0.670. The van der Waals surface area contributed by atoms with Crippen LogP contribution in [0.25, 0.3) is 0 Å². The van der Waals surface area contributed by atoms with Gasteiger partial charge < -0.3 is 4.74 Å². The molecule has 0 saturated carbocycles. The van der Waals surface area contributed by atoms with Crippen LogP contribution in [0.1, 0.15) is 26.7 Å². The minimum absolute atomic E-state index is 0.00116. The van der Waals surface area contributed by atoms with Crippen LogP contribution in [-0.2, 0) is 19.3 Å². The summed E-state index contributed by atoms with van der Waals surface area (Å²) in [5.41, 5.74) is 0. The molecule has 0 aromatic rings. The number of rotatable bonds is 6. The maximum absolute atomic E-state index is 10.8. The highest BCUT2D eigenvalue weighted by molar-refractivity contribution is 5.69. The Bertz CT molecular complexity index is 153. The first-order valence-electron chi connectivity index (χ1n) is 3.88. The highest BCUT2D eigenvalue weighted by atomic mass is 17.2. The first-order valence-corrected chi connectivity index (χ1v) is 3.88. The van der Waals surface area contributed by atoms with E-state index in [0.29, 0.717) is 0 Å². The van der Waals surface area contributed by atoms with Crippen LogP contribution < -0.4 is 0 Å². The van der Waals surface area contributed by atoms with Crippen LogP contribution >= 0.6 is 0 Å². The first kappa shape index (κ1) is 12.3. The molecule has 13 heavy (non-hydrogen) atoms. The molecule has 0 radical (unpaired) electrons. The number of hydrogen-bond acceptors (Lipinski definition) is 6. The summed E-state index contributed by atoms with van der Waals surface area (Å²) in [5, 5.41) is 16.6. The Morgan fingerprint density at radius 1 is 1.38 bits per heavy atom. The van der Waals surface area contributed by atoms with Crippen molar-refractivity contribution in [2.45, 2.75) is 32.5 Å². The van der Waals surface area contributed by atoms with Crippen molar-refractivity contribution in [3.8, 4) is 0 Å². The van der Waals surface area contributed by atoms with Gasteiger partial charge in [0.05, 0.1) is 13.0 Å². The van der Waals surface area contributed by atoms with Gasteiger partial charge in [-0.15, -0.1) is 0 Å². The monoisotopic (exact) mass is 194 g/mol. The summed E-state index contributed by atoms with van der Waals surface area (Å²) in [4.78, 5) is 18.5. The molecule has 0 saturated heterocycles. The van der Waals surface area contributed by atoms with Gasteiger partial charge in [-0.1, -0.05) is 0 Å². The van der Waals surface area contributed by atoms with Gasteiger partial charge in [0.15, 0.2) is 0 Å². The first-order chi connectivity index (χ1) is 6.08. The van der Waals surface area contributed by atoms with Crippen molar-refractivity contribution in [3.63, 3.8) is 0 Å². The largest absolute Gasteiger partial charge is 0.466 e. The van der Waals surface area contributed by atoms with Gasteiger partial charge in [0.25, 0.3) is 0 Å². The average Bonchev–Trinajstić information content (AvgIpc) is 2.15. The summed E-state index contributed by atoms with van der Waals surface area (Å²) in [6, 6.07) is 0. The molecule has 0 unspecified atom stereocenters. The lowest BCUT2D eigenvalue weighted by Gasteiger charge is -2.20. The van der Waals surface area contributed by atoms with Crippen molar-refractivity contribution >= 4 is 5.97 Å². The van der Waals surface area contributed by atoms with Crippen molar-refractivity contribution in [2.24, 2.45) is 0 Å². The zero-order chi connectivity index (χ0) is 10.3. The van der Waals surface area contributed by atoms with Crippen LogP contribution in [0.3, 0.4) is 0 Å². The Labute approximate surface area is 75.9 Å². The molecule has 0 spiro atoms. The fraction of sp³-hybridized carbons (Fsp3) is 0.857. The van der Waals surface area contributed by atoms with E-state index in [9.17, 15) is 4.79 Å². The van der Waals surface area contributed by atoms with Gasteiger partial charge in [0.2, 0.25) is 5.79 Å². The van der Waals surface area contributed by atoms with Crippen molar-refractivity contribution in [1.82, 2.24) is 0 Å². The third kappa shape index (κ3) is 4.79. The zero-order valence-electron chi connectivity index (χ0n) is 7.65. The Morgan fingerprint density at radius 2 is 1.92 bits per heavy atom. The maximum Gasteiger partial charge on any atom is 0.305 e. The van der Waals surface area contributed by atoms with E-state index in [0.717, 1.165) is 0 Å². The molecule has 6 heteroatoms. The molecule has 6 nitrogen and oxygen atoms in total. The lowest BCUT2D eigenvalue weighted by molar-refractivity contribution is -0.481. The van der Waals surface area contributed by atoms with E-state index in [4.69, 9.17) is 10.5 Å². The molecule has 0 heterocycles. The van der Waals surface area contributed by atoms with Gasteiger partial charge in [0.1, 0.15) is 0 Å². The number of ether oxygens (including phenoxy) is 1. The SMILES string of the molecule is CCOC(=O)CCC(C)(OO)OO. The zero-order valence-corrected chi connectivity index (χ0v) is 7.65. The quantitative estimate of drug-likeness (QED) is 0.284. The third-order valence-corrected chi connectivity index (χ3v) is 1.47. The number of esters is 1. The summed E-state index contributed by atoms with van der Waals surface area (Å²) >= 11 is 0. The summed E-state index contributed by atoms with van der Waals surface area (Å²) in [5.74, 6) is -2.02. The Kier molecular flexibility index (Phi) is 5.56. The van der Waals surface area contributed by atoms with Crippen LogP contribution in [0.2, 0.25) is 0 Å². The second-order valence-corrected chi connectivity index (χ2v) is 2.62. The van der Waals surface area contributed by atoms with Gasteiger partial charge >= 0.3 is 5.97 Å². The van der Waals surface area contributed by atoms with Crippen LogP contribution in [0, 0.1) is 0 Å². The third-order valence-electron chi connectivity index (χ3n) is 1.47. The van der Waals surface area contributed by atoms with Crippen molar-refractivity contribution < 1.29 is 29.8 Å². The van der Waals surface area contributed by atoms with E-state index in [1.54, 1.807) is 6.92 Å². The van der Waals surface area contributed by atoms with E-state index in [2.05, 4.69) is 14.5 Å². The second-order valence-electron chi connectivity index (χ2n) is 2.62. The average molecular weight is 194 g/mol. The molecule has 0 aromatic carbocycles. The molecule has 2 N–H and O–H groups in total. The van der Waals surface area contributed by atoms with Crippen molar-refractivity contribution in [1.29, 1.82) is 0 Å². The predicted octanol–water partition coefficient (Wildman–Crippen LogP) is 1.03. The van der Waals surface area contributed by atoms with E-state index >= 15 is 0 Å². The molecule has 0 aliphatic rings. The molecule has 0 aliphatic heterocycles. The highest BCUT2D eigenvalue weighted by Crippen LogP contribution is 2.16. The van der Waals surface area contributed by atoms with Gasteiger partial charge in [-0.3, -0.25) is 4.79 Å². The second kappa shape index (κ2) is 5.87. The van der Waals surface area contributed by atoms with Gasteiger partial charge in [-0.2, -0.15) is 0 Å². The number of hydrogen-bond donors (Lipinski definition) is 2. The van der Waals surface area contributed by atoms with Gasteiger partial charge in [0, 0.05) is 6.42 Å². The van der Waals surface area contributed by atoms with Crippen molar-refractivity contribution in [2.75, 3.05) is 6.61 Å². The highest BCUT2D eigenvalue weighted by Gasteiger charge is 2.28. The minimum Gasteiger partial charge on any atom is -0.466 e. The molecule has 78 valence electrons. The lowest BCUT2D eigenvalue weighted by Crippen LogP contribution is -2.31. The van der Waals surface area contributed by atoms with Gasteiger partial charge in [-0.25, -0.2) is 20.3 Å². The summed E-state index contributed by atoms with van der Waals surface area (Å²) in [6.07, 6.45) is -0.00963. The molecular weight excluding hydrogens is 180 g/mol. The number of carbonyl (C=O) groups is 1. The van der Waals surface area contributed by atoms with E-state index in [1.807, 2.05) is 0 Å². The summed E-state index contributed by atoms with van der Waals surface area (Å²) in [6.45, 7) is 3.25. The standard InChI is InChI=1S/C7H14O6/c1-3-11-6(8)4-5-7(2,12-9)13-10/h9-10H,3-5H2,1-2H3. The maximum atomic E-state index is 10.8. The smallest absolute Gasteiger partial charge is 0.305 e. The normalized spacial score (nSPS) is 11.4. The van der Waals surface area contributed by atoms with Crippen molar-refractivity contribution in [3.05, 3.63) is 0 Å². The van der Waals surface area contributed by atoms with E-state index in [-0.39, 0.29) is 19.4 Å². The topological polar surface area (TPSA) is 85.2 Å². The molecule has 0 aliphatic carbocycles. The molecular formula is C7H14O6. The molecule has 0 fully saturated rings. The molecule has 0 amide bonds. The molecule has 0 atom stereocenters. The summed E-state index contributed by atoms with van der Waals surface area (Å²) < 4.78 is 4.61. The van der Waals surface area contributed by atoms with E-state index < -0.39 is 11.8 Å². The molecule has 0 aromatic heterocycles. The van der Waals surface area contributed by atoms with Gasteiger partial charge in [-0.05, 0) is 13.8 Å². The Morgan fingerprint density at radius 3 is 2.31 bits per heavy atom. The number of carbonyl (C=O) groups excluding carboxylic acids is 1. The molecule has 0 bridgehead atoms.